The molecule has 80 valence electrons. The number of hydrogen-bond acceptors (Lipinski definition) is 1. The van der Waals surface area contributed by atoms with Crippen molar-refractivity contribution in [2.24, 2.45) is 5.92 Å². The van der Waals surface area contributed by atoms with E-state index in [1.54, 1.807) is 18.2 Å². The molecule has 1 rings (SSSR count). The Labute approximate surface area is 101 Å². The van der Waals surface area contributed by atoms with Crippen LogP contribution in [0.3, 0.4) is 0 Å². The Hall–Kier alpha value is -0.710. The van der Waals surface area contributed by atoms with E-state index in [9.17, 15) is 5.26 Å². The molecule has 0 radical (unpaired) electrons. The van der Waals surface area contributed by atoms with E-state index >= 15 is 0 Å². The first kappa shape index (κ1) is 12.4. The zero-order chi connectivity index (χ0) is 11.6. The summed E-state index contributed by atoms with van der Waals surface area (Å²) in [5.74, 6) is 0.206. The van der Waals surface area contributed by atoms with Gasteiger partial charge >= 0.3 is 0 Å². The van der Waals surface area contributed by atoms with Crippen molar-refractivity contribution in [3.05, 3.63) is 33.8 Å². The lowest BCUT2D eigenvalue weighted by molar-refractivity contribution is 0.431. The van der Waals surface area contributed by atoms with Gasteiger partial charge in [0.25, 0.3) is 0 Å². The molecule has 0 aromatic heterocycles. The molecular weight excluding hydrogens is 229 g/mol. The van der Waals surface area contributed by atoms with Crippen molar-refractivity contribution in [1.29, 1.82) is 5.26 Å². The Balaban J connectivity index is 3.31. The van der Waals surface area contributed by atoms with Gasteiger partial charge in [0.2, 0.25) is 0 Å². The Morgan fingerprint density at radius 2 is 1.67 bits per heavy atom. The van der Waals surface area contributed by atoms with E-state index in [2.05, 4.69) is 6.07 Å². The first-order valence-corrected chi connectivity index (χ1v) is 5.53. The maximum absolute atomic E-state index is 9.25. The lowest BCUT2D eigenvalue weighted by Crippen LogP contribution is -2.26. The van der Waals surface area contributed by atoms with Gasteiger partial charge in [0.15, 0.2) is 0 Å². The van der Waals surface area contributed by atoms with Crippen molar-refractivity contribution in [1.82, 2.24) is 0 Å². The molecule has 0 N–H and O–H groups in total. The smallest absolute Gasteiger partial charge is 0.0818 e. The third kappa shape index (κ3) is 2.45. The van der Waals surface area contributed by atoms with Crippen molar-refractivity contribution in [3.63, 3.8) is 0 Å². The SMILES string of the molecule is CC(C)C(C)(C#N)c1cc(Cl)cc(Cl)c1. The number of hydrogen-bond donors (Lipinski definition) is 0. The summed E-state index contributed by atoms with van der Waals surface area (Å²) >= 11 is 11.8. The lowest BCUT2D eigenvalue weighted by atomic mass is 9.75. The highest BCUT2D eigenvalue weighted by Crippen LogP contribution is 2.34. The van der Waals surface area contributed by atoms with E-state index in [0.717, 1.165) is 5.56 Å². The van der Waals surface area contributed by atoms with Gasteiger partial charge in [-0.1, -0.05) is 37.0 Å². The Kier molecular flexibility index (Phi) is 3.65. The molecule has 0 aliphatic heterocycles. The van der Waals surface area contributed by atoms with Crippen LogP contribution in [0.1, 0.15) is 26.3 Å². The van der Waals surface area contributed by atoms with Gasteiger partial charge in [-0.05, 0) is 36.6 Å². The van der Waals surface area contributed by atoms with Crippen LogP contribution in [0, 0.1) is 17.2 Å². The minimum atomic E-state index is -0.547. The summed E-state index contributed by atoms with van der Waals surface area (Å²) in [5.41, 5.74) is 0.326. The molecule has 0 saturated carbocycles. The van der Waals surface area contributed by atoms with Gasteiger partial charge in [0, 0.05) is 10.0 Å². The molecule has 1 atom stereocenters. The standard InChI is InChI=1S/C12H13Cl2N/c1-8(2)12(3,7-15)9-4-10(13)6-11(14)5-9/h4-6,8H,1-3H3. The largest absolute Gasteiger partial charge is 0.197 e. The second-order valence-electron chi connectivity index (χ2n) is 4.13. The fraction of sp³-hybridized carbons (Fsp3) is 0.417. The summed E-state index contributed by atoms with van der Waals surface area (Å²) in [5, 5.41) is 10.4. The Morgan fingerprint density at radius 1 is 1.20 bits per heavy atom. The maximum atomic E-state index is 9.25. The Morgan fingerprint density at radius 3 is 2.00 bits per heavy atom. The third-order valence-electron chi connectivity index (χ3n) is 2.85. The normalized spacial score (nSPS) is 14.7. The van der Waals surface area contributed by atoms with Crippen LogP contribution in [0.2, 0.25) is 10.0 Å². The number of benzene rings is 1. The monoisotopic (exact) mass is 241 g/mol. The highest BCUT2D eigenvalue weighted by Gasteiger charge is 2.30. The van der Waals surface area contributed by atoms with Gasteiger partial charge in [0.1, 0.15) is 0 Å². The fourth-order valence-electron chi connectivity index (χ4n) is 1.38. The zero-order valence-corrected chi connectivity index (χ0v) is 10.5. The van der Waals surface area contributed by atoms with Crippen LogP contribution in [0.5, 0.6) is 0 Å². The van der Waals surface area contributed by atoms with Crippen LogP contribution in [-0.4, -0.2) is 0 Å². The first-order chi connectivity index (χ1) is 6.90. The first-order valence-electron chi connectivity index (χ1n) is 4.78. The maximum Gasteiger partial charge on any atom is 0.0818 e. The van der Waals surface area contributed by atoms with Crippen molar-refractivity contribution in [2.75, 3.05) is 0 Å². The fourth-order valence-corrected chi connectivity index (χ4v) is 1.91. The van der Waals surface area contributed by atoms with Gasteiger partial charge < -0.3 is 0 Å². The summed E-state index contributed by atoms with van der Waals surface area (Å²) < 4.78 is 0. The van der Waals surface area contributed by atoms with E-state index < -0.39 is 5.41 Å². The topological polar surface area (TPSA) is 23.8 Å². The van der Waals surface area contributed by atoms with Crippen LogP contribution >= 0.6 is 23.2 Å². The van der Waals surface area contributed by atoms with Crippen molar-refractivity contribution >= 4 is 23.2 Å². The van der Waals surface area contributed by atoms with Gasteiger partial charge in [-0.3, -0.25) is 0 Å². The molecule has 0 aliphatic rings. The Bertz CT molecular complexity index is 386. The third-order valence-corrected chi connectivity index (χ3v) is 3.29. The van der Waals surface area contributed by atoms with E-state index in [1.165, 1.54) is 0 Å². The van der Waals surface area contributed by atoms with Gasteiger partial charge in [-0.15, -0.1) is 0 Å². The summed E-state index contributed by atoms with van der Waals surface area (Å²) in [6.07, 6.45) is 0. The average molecular weight is 242 g/mol. The van der Waals surface area contributed by atoms with Crippen LogP contribution in [0.4, 0.5) is 0 Å². The molecule has 0 fully saturated rings. The molecule has 1 aromatic rings. The molecular formula is C12H13Cl2N. The molecule has 0 saturated heterocycles. The molecule has 0 amide bonds. The predicted molar refractivity (Wildman–Crippen MR) is 64.3 cm³/mol. The van der Waals surface area contributed by atoms with Gasteiger partial charge in [-0.25, -0.2) is 0 Å². The summed E-state index contributed by atoms with van der Waals surface area (Å²) in [4.78, 5) is 0. The van der Waals surface area contributed by atoms with Crippen LogP contribution in [-0.2, 0) is 5.41 Å². The van der Waals surface area contributed by atoms with E-state index in [4.69, 9.17) is 23.2 Å². The zero-order valence-electron chi connectivity index (χ0n) is 9.01. The predicted octanol–water partition coefficient (Wildman–Crippen LogP) is 4.43. The quantitative estimate of drug-likeness (QED) is 0.752. The number of rotatable bonds is 2. The van der Waals surface area contributed by atoms with Gasteiger partial charge in [-0.2, -0.15) is 5.26 Å². The van der Waals surface area contributed by atoms with Gasteiger partial charge in [0.05, 0.1) is 11.5 Å². The molecule has 15 heavy (non-hydrogen) atoms. The molecule has 1 nitrogen and oxygen atoms in total. The van der Waals surface area contributed by atoms with E-state index in [0.29, 0.717) is 10.0 Å². The molecule has 0 bridgehead atoms. The lowest BCUT2D eigenvalue weighted by Gasteiger charge is -2.26. The highest BCUT2D eigenvalue weighted by molar-refractivity contribution is 6.34. The van der Waals surface area contributed by atoms with E-state index in [-0.39, 0.29) is 5.92 Å². The van der Waals surface area contributed by atoms with Crippen molar-refractivity contribution in [3.8, 4) is 6.07 Å². The van der Waals surface area contributed by atoms with E-state index in [1.807, 2.05) is 20.8 Å². The number of halogens is 2. The average Bonchev–Trinajstić information content (AvgIpc) is 2.14. The molecule has 1 unspecified atom stereocenters. The molecule has 0 spiro atoms. The van der Waals surface area contributed by atoms with Crippen molar-refractivity contribution < 1.29 is 0 Å². The molecule has 3 heteroatoms. The summed E-state index contributed by atoms with van der Waals surface area (Å²) in [6, 6.07) is 7.61. The van der Waals surface area contributed by atoms with Crippen molar-refractivity contribution in [2.45, 2.75) is 26.2 Å². The second kappa shape index (κ2) is 4.43. The molecule has 0 heterocycles. The van der Waals surface area contributed by atoms with Crippen LogP contribution < -0.4 is 0 Å². The molecule has 1 aromatic carbocycles. The minimum absolute atomic E-state index is 0.206. The number of nitrogens with zero attached hydrogens (tertiary/aromatic N) is 1. The summed E-state index contributed by atoms with van der Waals surface area (Å²) in [7, 11) is 0. The molecule has 0 aliphatic carbocycles. The summed E-state index contributed by atoms with van der Waals surface area (Å²) in [6.45, 7) is 5.93. The van der Waals surface area contributed by atoms with Crippen LogP contribution in [0.25, 0.3) is 0 Å². The number of nitriles is 1. The minimum Gasteiger partial charge on any atom is -0.197 e. The highest BCUT2D eigenvalue weighted by atomic mass is 35.5. The van der Waals surface area contributed by atoms with Crippen LogP contribution in [0.15, 0.2) is 18.2 Å². The second-order valence-corrected chi connectivity index (χ2v) is 5.00.